The first-order valence-electron chi connectivity index (χ1n) is 11.7. The van der Waals surface area contributed by atoms with Crippen LogP contribution in [0.15, 0.2) is 83.1 Å². The molecule has 0 bridgehead atoms. The van der Waals surface area contributed by atoms with Crippen molar-refractivity contribution in [2.45, 2.75) is 24.9 Å². The average Bonchev–Trinajstić information content (AvgIpc) is 3.23. The number of hydrogen-bond acceptors (Lipinski definition) is 5. The Balaban J connectivity index is 1.45. The maximum Gasteiger partial charge on any atom is 0.416 e. The van der Waals surface area contributed by atoms with Gasteiger partial charge in [-0.1, -0.05) is 35.9 Å². The van der Waals surface area contributed by atoms with E-state index < -0.39 is 11.9 Å². The van der Waals surface area contributed by atoms with Crippen LogP contribution in [0.3, 0.4) is 0 Å². The van der Waals surface area contributed by atoms with Crippen molar-refractivity contribution in [3.63, 3.8) is 0 Å². The number of halogens is 2. The SMILES string of the molecule is O=C(Oc1ccc(F)cc1)N1CCC2=C(NC3C=CC(Cl)=CC23)C1c1ccc(OCCCO)cc1. The maximum atomic E-state index is 13.3. The highest BCUT2D eigenvalue weighted by Gasteiger charge is 2.43. The number of carbonyl (C=O) groups excluding carboxylic acids is 1. The molecule has 0 spiro atoms. The van der Waals surface area contributed by atoms with E-state index in [1.54, 1.807) is 4.90 Å². The fourth-order valence-electron chi connectivity index (χ4n) is 4.84. The standard InChI is InChI=1S/C27H26ClFN2O4/c28-18-4-11-24-23(16-18)22-12-13-31(27(33)35-21-9-5-19(29)6-10-21)26(25(22)30-24)17-2-7-20(8-3-17)34-15-1-14-32/h2-11,16,23-24,26,30,32H,1,12-15H2. The molecular weight excluding hydrogens is 471 g/mol. The monoisotopic (exact) mass is 496 g/mol. The van der Waals surface area contributed by atoms with Crippen LogP contribution in [0.25, 0.3) is 0 Å². The van der Waals surface area contributed by atoms with Gasteiger partial charge in [-0.3, -0.25) is 4.90 Å². The van der Waals surface area contributed by atoms with Crippen LogP contribution < -0.4 is 14.8 Å². The Morgan fingerprint density at radius 2 is 1.89 bits per heavy atom. The minimum absolute atomic E-state index is 0.0725. The first-order chi connectivity index (χ1) is 17.0. The molecule has 3 atom stereocenters. The third kappa shape index (κ3) is 4.92. The summed E-state index contributed by atoms with van der Waals surface area (Å²) in [5.41, 5.74) is 3.12. The van der Waals surface area contributed by atoms with Gasteiger partial charge in [-0.2, -0.15) is 0 Å². The zero-order chi connectivity index (χ0) is 24.4. The van der Waals surface area contributed by atoms with Crippen molar-refractivity contribution >= 4 is 17.7 Å². The van der Waals surface area contributed by atoms with Crippen molar-refractivity contribution in [1.29, 1.82) is 0 Å². The van der Waals surface area contributed by atoms with E-state index in [4.69, 9.17) is 26.2 Å². The Morgan fingerprint density at radius 3 is 2.63 bits per heavy atom. The van der Waals surface area contributed by atoms with Crippen LogP contribution >= 0.6 is 11.6 Å². The lowest BCUT2D eigenvalue weighted by atomic mass is 9.85. The smallest absolute Gasteiger partial charge is 0.416 e. The lowest BCUT2D eigenvalue weighted by Gasteiger charge is -2.37. The number of amides is 1. The fraction of sp³-hybridized carbons (Fsp3) is 0.296. The summed E-state index contributed by atoms with van der Waals surface area (Å²) in [5, 5.41) is 13.3. The highest BCUT2D eigenvalue weighted by atomic mass is 35.5. The predicted molar refractivity (Wildman–Crippen MR) is 131 cm³/mol. The third-order valence-electron chi connectivity index (χ3n) is 6.49. The van der Waals surface area contributed by atoms with Gasteiger partial charge in [-0.15, -0.1) is 0 Å². The molecule has 1 amide bonds. The molecule has 35 heavy (non-hydrogen) atoms. The second-order valence-corrected chi connectivity index (χ2v) is 9.14. The number of allylic oxidation sites excluding steroid dienone is 2. The van der Waals surface area contributed by atoms with Crippen LogP contribution in [-0.2, 0) is 0 Å². The Kier molecular flexibility index (Phi) is 6.79. The van der Waals surface area contributed by atoms with Crippen LogP contribution in [-0.4, -0.2) is 41.9 Å². The molecule has 2 N–H and O–H groups in total. The summed E-state index contributed by atoms with van der Waals surface area (Å²) in [5.74, 6) is 0.724. The van der Waals surface area contributed by atoms with Crippen molar-refractivity contribution in [3.05, 3.63) is 94.4 Å². The number of aliphatic hydroxyl groups excluding tert-OH is 1. The zero-order valence-electron chi connectivity index (χ0n) is 19.0. The van der Waals surface area contributed by atoms with Crippen molar-refractivity contribution in [2.24, 2.45) is 5.92 Å². The number of rotatable bonds is 6. The fourth-order valence-corrected chi connectivity index (χ4v) is 5.05. The Bertz CT molecular complexity index is 1180. The number of nitrogens with one attached hydrogen (secondary N) is 1. The number of ether oxygens (including phenoxy) is 2. The van der Waals surface area contributed by atoms with E-state index in [9.17, 15) is 9.18 Å². The number of benzene rings is 2. The van der Waals surface area contributed by atoms with Gasteiger partial charge in [-0.25, -0.2) is 9.18 Å². The second-order valence-electron chi connectivity index (χ2n) is 8.71. The molecule has 2 aromatic carbocycles. The van der Waals surface area contributed by atoms with Gasteiger partial charge < -0.3 is 19.9 Å². The van der Waals surface area contributed by atoms with Crippen LogP contribution in [0, 0.1) is 11.7 Å². The van der Waals surface area contributed by atoms with Gasteiger partial charge in [0.2, 0.25) is 0 Å². The van der Waals surface area contributed by atoms with E-state index in [0.717, 1.165) is 11.3 Å². The van der Waals surface area contributed by atoms with E-state index in [1.807, 2.05) is 30.3 Å². The molecule has 6 nitrogen and oxygen atoms in total. The quantitative estimate of drug-likeness (QED) is 0.546. The molecule has 3 unspecified atom stereocenters. The van der Waals surface area contributed by atoms with E-state index >= 15 is 0 Å². The average molecular weight is 497 g/mol. The molecule has 2 aliphatic heterocycles. The minimum Gasteiger partial charge on any atom is -0.494 e. The predicted octanol–water partition coefficient (Wildman–Crippen LogP) is 5.07. The first-order valence-corrected chi connectivity index (χ1v) is 12.0. The van der Waals surface area contributed by atoms with Crippen molar-refractivity contribution in [1.82, 2.24) is 10.2 Å². The highest BCUT2D eigenvalue weighted by Crippen LogP contribution is 2.45. The summed E-state index contributed by atoms with van der Waals surface area (Å²) in [7, 11) is 0. The summed E-state index contributed by atoms with van der Waals surface area (Å²) in [6.45, 7) is 0.969. The molecule has 3 aliphatic rings. The first kappa shape index (κ1) is 23.5. The highest BCUT2D eigenvalue weighted by molar-refractivity contribution is 6.31. The maximum absolute atomic E-state index is 13.3. The molecule has 182 valence electrons. The Hall–Kier alpha value is -3.29. The molecule has 0 saturated carbocycles. The molecule has 0 aromatic heterocycles. The summed E-state index contributed by atoms with van der Waals surface area (Å²) in [4.78, 5) is 15.0. The van der Waals surface area contributed by atoms with Gasteiger partial charge in [0.1, 0.15) is 23.4 Å². The molecule has 2 aromatic rings. The summed E-state index contributed by atoms with van der Waals surface area (Å²) < 4.78 is 24.6. The van der Waals surface area contributed by atoms with Gasteiger partial charge in [0.15, 0.2) is 0 Å². The molecule has 1 aliphatic carbocycles. The third-order valence-corrected chi connectivity index (χ3v) is 6.74. The lowest BCUT2D eigenvalue weighted by Crippen LogP contribution is -2.43. The molecule has 8 heteroatoms. The van der Waals surface area contributed by atoms with E-state index in [2.05, 4.69) is 17.5 Å². The molecule has 2 heterocycles. The van der Waals surface area contributed by atoms with Crippen LogP contribution in [0.2, 0.25) is 0 Å². The number of carbonyl (C=O) groups is 1. The molecule has 0 radical (unpaired) electrons. The molecular formula is C27H26ClFN2O4. The second kappa shape index (κ2) is 10.1. The van der Waals surface area contributed by atoms with E-state index in [1.165, 1.54) is 29.8 Å². The number of aliphatic hydroxyl groups is 1. The van der Waals surface area contributed by atoms with E-state index in [-0.39, 0.29) is 30.4 Å². The van der Waals surface area contributed by atoms with Gasteiger partial charge in [0.05, 0.1) is 12.6 Å². The van der Waals surface area contributed by atoms with E-state index in [0.29, 0.717) is 36.8 Å². The van der Waals surface area contributed by atoms with Crippen molar-refractivity contribution in [2.75, 3.05) is 19.8 Å². The van der Waals surface area contributed by atoms with Crippen molar-refractivity contribution in [3.8, 4) is 11.5 Å². The van der Waals surface area contributed by atoms with Crippen LogP contribution in [0.5, 0.6) is 11.5 Å². The molecule has 0 saturated heterocycles. The van der Waals surface area contributed by atoms with Gasteiger partial charge in [0.25, 0.3) is 0 Å². The van der Waals surface area contributed by atoms with Gasteiger partial charge >= 0.3 is 6.09 Å². The van der Waals surface area contributed by atoms with Crippen LogP contribution in [0.4, 0.5) is 9.18 Å². The molecule has 0 fully saturated rings. The summed E-state index contributed by atoms with van der Waals surface area (Å²) in [6.07, 6.45) is 6.75. The van der Waals surface area contributed by atoms with Gasteiger partial charge in [0, 0.05) is 36.2 Å². The Labute approximate surface area is 208 Å². The van der Waals surface area contributed by atoms with Crippen LogP contribution in [0.1, 0.15) is 24.4 Å². The number of fused-ring (bicyclic) bond motifs is 2. The molecule has 5 rings (SSSR count). The largest absolute Gasteiger partial charge is 0.494 e. The topological polar surface area (TPSA) is 71.0 Å². The van der Waals surface area contributed by atoms with Gasteiger partial charge in [-0.05, 0) is 60.0 Å². The zero-order valence-corrected chi connectivity index (χ0v) is 19.7. The lowest BCUT2D eigenvalue weighted by molar-refractivity contribution is 0.134. The Morgan fingerprint density at radius 1 is 1.14 bits per heavy atom. The normalized spacial score (nSPS) is 22.8. The number of hydrogen-bond donors (Lipinski definition) is 2. The number of nitrogens with zero attached hydrogens (tertiary/aromatic N) is 1. The summed E-state index contributed by atoms with van der Waals surface area (Å²) >= 11 is 6.30. The van der Waals surface area contributed by atoms with Crippen molar-refractivity contribution < 1.29 is 23.8 Å². The summed E-state index contributed by atoms with van der Waals surface area (Å²) in [6, 6.07) is 12.7. The minimum atomic E-state index is -0.503.